The zero-order valence-electron chi connectivity index (χ0n) is 13.6. The molecule has 0 aromatic heterocycles. The third kappa shape index (κ3) is 8.35. The topological polar surface area (TPSA) is 83.6 Å². The van der Waals surface area contributed by atoms with Crippen LogP contribution in [0.2, 0.25) is 0 Å². The number of carbonyl (C=O) groups is 2. The van der Waals surface area contributed by atoms with Crippen molar-refractivity contribution in [1.82, 2.24) is 4.90 Å². The van der Waals surface area contributed by atoms with Crippen molar-refractivity contribution < 1.29 is 18.0 Å². The summed E-state index contributed by atoms with van der Waals surface area (Å²) < 4.78 is 23.8. The minimum Gasteiger partial charge on any atom is -0.349 e. The Kier molecular flexibility index (Phi) is 7.74. The van der Waals surface area contributed by atoms with Gasteiger partial charge in [0.2, 0.25) is 11.8 Å². The van der Waals surface area contributed by atoms with Crippen LogP contribution in [0.5, 0.6) is 0 Å². The Hall–Kier alpha value is -1.89. The molecule has 0 aliphatic carbocycles. The van der Waals surface area contributed by atoms with Crippen molar-refractivity contribution in [2.24, 2.45) is 0 Å². The van der Waals surface area contributed by atoms with Gasteiger partial charge in [-0.05, 0) is 25.0 Å². The van der Waals surface area contributed by atoms with E-state index >= 15 is 0 Å². The lowest BCUT2D eigenvalue weighted by atomic mass is 10.2. The first-order valence-corrected chi connectivity index (χ1v) is 9.38. The predicted octanol–water partition coefficient (Wildman–Crippen LogP) is 1.69. The molecule has 6 nitrogen and oxygen atoms in total. The summed E-state index contributed by atoms with van der Waals surface area (Å²) in [6, 6.07) is 8.91. The molecule has 2 amide bonds. The van der Waals surface area contributed by atoms with Gasteiger partial charge in [0.15, 0.2) is 9.84 Å². The third-order valence-corrected chi connectivity index (χ3v) is 5.03. The number of rotatable bonds is 9. The van der Waals surface area contributed by atoms with Crippen LogP contribution in [0, 0.1) is 0 Å². The molecular weight excluding hydrogens is 316 g/mol. The molecule has 128 valence electrons. The van der Waals surface area contributed by atoms with Crippen LogP contribution in [0.25, 0.3) is 0 Å². The number of benzene rings is 1. The summed E-state index contributed by atoms with van der Waals surface area (Å²) in [6.07, 6.45) is 1.25. The van der Waals surface area contributed by atoms with Crippen LogP contribution < -0.4 is 5.32 Å². The van der Waals surface area contributed by atoms with E-state index < -0.39 is 9.84 Å². The minimum absolute atomic E-state index is 0.00628. The normalized spacial score (nSPS) is 11.0. The number of carbonyl (C=O) groups excluding carboxylic acids is 2. The fourth-order valence-corrected chi connectivity index (χ4v) is 3.26. The summed E-state index contributed by atoms with van der Waals surface area (Å²) in [5, 5.41) is 2.66. The van der Waals surface area contributed by atoms with Crippen molar-refractivity contribution in [1.29, 1.82) is 0 Å². The maximum Gasteiger partial charge on any atom is 0.225 e. The van der Waals surface area contributed by atoms with Crippen LogP contribution in [-0.4, -0.2) is 50.7 Å². The first kappa shape index (κ1) is 19.2. The first-order chi connectivity index (χ1) is 10.8. The molecule has 0 atom stereocenters. The molecule has 0 saturated heterocycles. The second-order valence-electron chi connectivity index (χ2n) is 5.56. The SMILES string of the molecule is CN(C)C(=O)CCCCS(=O)(=O)CCC(=O)Nc1ccccc1. The van der Waals surface area contributed by atoms with E-state index in [9.17, 15) is 18.0 Å². The van der Waals surface area contributed by atoms with Gasteiger partial charge in [0.1, 0.15) is 0 Å². The van der Waals surface area contributed by atoms with Crippen LogP contribution in [0.4, 0.5) is 5.69 Å². The monoisotopic (exact) mass is 340 g/mol. The maximum absolute atomic E-state index is 11.9. The summed E-state index contributed by atoms with van der Waals surface area (Å²) in [7, 11) is 0.0693. The van der Waals surface area contributed by atoms with Gasteiger partial charge in [-0.1, -0.05) is 18.2 Å². The predicted molar refractivity (Wildman–Crippen MR) is 90.9 cm³/mol. The maximum atomic E-state index is 11.9. The Morgan fingerprint density at radius 3 is 2.26 bits per heavy atom. The van der Waals surface area contributed by atoms with E-state index in [0.717, 1.165) is 0 Å². The number of unbranched alkanes of at least 4 members (excludes halogenated alkanes) is 1. The highest BCUT2D eigenvalue weighted by atomic mass is 32.2. The van der Waals surface area contributed by atoms with Crippen LogP contribution in [0.3, 0.4) is 0 Å². The zero-order chi connectivity index (χ0) is 17.3. The van der Waals surface area contributed by atoms with Gasteiger partial charge < -0.3 is 10.2 Å². The van der Waals surface area contributed by atoms with Gasteiger partial charge in [0.05, 0.1) is 11.5 Å². The Bertz CT molecular complexity index is 612. The van der Waals surface area contributed by atoms with Gasteiger partial charge >= 0.3 is 0 Å². The Balaban J connectivity index is 2.27. The molecule has 1 N–H and O–H groups in total. The van der Waals surface area contributed by atoms with E-state index in [1.54, 1.807) is 38.4 Å². The zero-order valence-corrected chi connectivity index (χ0v) is 14.4. The quantitative estimate of drug-likeness (QED) is 0.693. The summed E-state index contributed by atoms with van der Waals surface area (Å²) in [5.74, 6) is -0.494. The smallest absolute Gasteiger partial charge is 0.225 e. The van der Waals surface area contributed by atoms with Crippen molar-refractivity contribution >= 4 is 27.3 Å². The molecule has 0 aliphatic rings. The summed E-state index contributed by atoms with van der Waals surface area (Å²) in [6.45, 7) is 0. The standard InChI is InChI=1S/C16H24N2O4S/c1-18(2)16(20)10-6-7-12-23(21,22)13-11-15(19)17-14-8-4-3-5-9-14/h3-5,8-9H,6-7,10-13H2,1-2H3,(H,17,19). The summed E-state index contributed by atoms with van der Waals surface area (Å²) in [4.78, 5) is 24.6. The van der Waals surface area contributed by atoms with E-state index in [2.05, 4.69) is 5.32 Å². The number of amides is 2. The van der Waals surface area contributed by atoms with Crippen LogP contribution in [0.15, 0.2) is 30.3 Å². The number of hydrogen-bond donors (Lipinski definition) is 1. The minimum atomic E-state index is -3.27. The van der Waals surface area contributed by atoms with Gasteiger partial charge in [0.25, 0.3) is 0 Å². The number of sulfone groups is 1. The molecule has 7 heteroatoms. The van der Waals surface area contributed by atoms with E-state index in [-0.39, 0.29) is 29.7 Å². The molecule has 23 heavy (non-hydrogen) atoms. The molecule has 0 spiro atoms. The lowest BCUT2D eigenvalue weighted by molar-refractivity contribution is -0.128. The van der Waals surface area contributed by atoms with Crippen molar-refractivity contribution in [2.45, 2.75) is 25.7 Å². The average Bonchev–Trinajstić information content (AvgIpc) is 2.50. The van der Waals surface area contributed by atoms with Crippen LogP contribution in [-0.2, 0) is 19.4 Å². The first-order valence-electron chi connectivity index (χ1n) is 7.55. The molecule has 0 unspecified atom stereocenters. The second kappa shape index (κ2) is 9.29. The largest absolute Gasteiger partial charge is 0.349 e. The van der Waals surface area contributed by atoms with Gasteiger partial charge in [-0.3, -0.25) is 9.59 Å². The van der Waals surface area contributed by atoms with Crippen molar-refractivity contribution in [3.63, 3.8) is 0 Å². The Morgan fingerprint density at radius 2 is 1.65 bits per heavy atom. The molecule has 0 bridgehead atoms. The molecule has 0 fully saturated rings. The molecule has 1 rings (SSSR count). The average molecular weight is 340 g/mol. The van der Waals surface area contributed by atoms with Gasteiger partial charge in [-0.15, -0.1) is 0 Å². The van der Waals surface area contributed by atoms with Gasteiger partial charge in [0, 0.05) is 32.6 Å². The highest BCUT2D eigenvalue weighted by Gasteiger charge is 2.14. The fourth-order valence-electron chi connectivity index (χ4n) is 1.92. The lowest BCUT2D eigenvalue weighted by Gasteiger charge is -2.09. The molecule has 1 aromatic carbocycles. The number of hydrogen-bond acceptors (Lipinski definition) is 4. The molecule has 0 heterocycles. The number of anilines is 1. The van der Waals surface area contributed by atoms with E-state index in [0.29, 0.717) is 24.9 Å². The number of nitrogens with one attached hydrogen (secondary N) is 1. The van der Waals surface area contributed by atoms with Crippen molar-refractivity contribution in [3.8, 4) is 0 Å². The lowest BCUT2D eigenvalue weighted by Crippen LogP contribution is -2.22. The Labute approximate surface area is 137 Å². The summed E-state index contributed by atoms with van der Waals surface area (Å²) in [5.41, 5.74) is 0.650. The van der Waals surface area contributed by atoms with Gasteiger partial charge in [-0.25, -0.2) is 8.42 Å². The number of nitrogens with zero attached hydrogens (tertiary/aromatic N) is 1. The van der Waals surface area contributed by atoms with Gasteiger partial charge in [-0.2, -0.15) is 0 Å². The highest BCUT2D eigenvalue weighted by molar-refractivity contribution is 7.91. The molecular formula is C16H24N2O4S. The van der Waals surface area contributed by atoms with E-state index in [1.807, 2.05) is 6.07 Å². The second-order valence-corrected chi connectivity index (χ2v) is 7.86. The van der Waals surface area contributed by atoms with Crippen molar-refractivity contribution in [2.75, 3.05) is 30.9 Å². The molecule has 0 radical (unpaired) electrons. The van der Waals surface area contributed by atoms with E-state index in [1.165, 1.54) is 4.90 Å². The fraction of sp³-hybridized carbons (Fsp3) is 0.500. The van der Waals surface area contributed by atoms with E-state index in [4.69, 9.17) is 0 Å². The Morgan fingerprint density at radius 1 is 1.00 bits per heavy atom. The summed E-state index contributed by atoms with van der Waals surface area (Å²) >= 11 is 0. The third-order valence-electron chi connectivity index (χ3n) is 3.29. The van der Waals surface area contributed by atoms with Crippen LogP contribution >= 0.6 is 0 Å². The highest BCUT2D eigenvalue weighted by Crippen LogP contribution is 2.07. The molecule has 0 saturated carbocycles. The van der Waals surface area contributed by atoms with Crippen molar-refractivity contribution in [3.05, 3.63) is 30.3 Å². The molecule has 0 aliphatic heterocycles. The number of para-hydroxylation sites is 1. The van der Waals surface area contributed by atoms with Crippen LogP contribution in [0.1, 0.15) is 25.7 Å². The molecule has 1 aromatic rings.